The molecule has 1 aromatic carbocycles. The highest BCUT2D eigenvalue weighted by Gasteiger charge is 2.31. The summed E-state index contributed by atoms with van der Waals surface area (Å²) < 4.78 is 41.5. The molecule has 2 unspecified atom stereocenters. The molecule has 6 nitrogen and oxygen atoms in total. The molecule has 0 radical (unpaired) electrons. The number of anilines is 1. The van der Waals surface area contributed by atoms with E-state index in [4.69, 9.17) is 0 Å². The molecule has 1 aliphatic heterocycles. The van der Waals surface area contributed by atoms with Gasteiger partial charge in [0.2, 0.25) is 0 Å². The van der Waals surface area contributed by atoms with Crippen LogP contribution in [0.4, 0.5) is 10.1 Å². The van der Waals surface area contributed by atoms with Gasteiger partial charge >= 0.3 is 0 Å². The monoisotopic (exact) mass is 416 g/mol. The number of nitrogens with one attached hydrogen (secondary N) is 1. The number of fused-ring (bicyclic) bond motifs is 1. The third kappa shape index (κ3) is 3.51. The molecule has 3 heterocycles. The van der Waals surface area contributed by atoms with E-state index in [0.717, 1.165) is 37.6 Å². The zero-order valence-electron chi connectivity index (χ0n) is 16.5. The average Bonchev–Trinajstić information content (AvgIpc) is 3.13. The molecule has 29 heavy (non-hydrogen) atoms. The Kier molecular flexibility index (Phi) is 5.31. The summed E-state index contributed by atoms with van der Waals surface area (Å²) in [5, 5.41) is 3.35. The largest absolute Gasteiger partial charge is 0.365 e. The van der Waals surface area contributed by atoms with E-state index >= 15 is 0 Å². The normalized spacial score (nSPS) is 20.3. The molecule has 0 aliphatic carbocycles. The van der Waals surface area contributed by atoms with Gasteiger partial charge in [-0.1, -0.05) is 13.0 Å². The van der Waals surface area contributed by atoms with Crippen LogP contribution in [0.3, 0.4) is 0 Å². The Labute approximate surface area is 170 Å². The lowest BCUT2D eigenvalue weighted by molar-refractivity contribution is 0.367. The third-order valence-electron chi connectivity index (χ3n) is 5.76. The van der Waals surface area contributed by atoms with Crippen LogP contribution in [-0.2, 0) is 10.0 Å². The Morgan fingerprint density at radius 1 is 1.28 bits per heavy atom. The summed E-state index contributed by atoms with van der Waals surface area (Å²) in [6, 6.07) is 9.30. The lowest BCUT2D eigenvalue weighted by Gasteiger charge is -2.40. The SMILES string of the molecule is CCC1CC(NC)CCN1c1cn(S(=O)(=O)c2cccc(F)c2)c2cccnc12. The van der Waals surface area contributed by atoms with Crippen molar-refractivity contribution < 1.29 is 12.8 Å². The molecule has 154 valence electrons. The molecule has 0 saturated carbocycles. The molecule has 8 heteroatoms. The Balaban J connectivity index is 1.84. The summed E-state index contributed by atoms with van der Waals surface area (Å²) >= 11 is 0. The minimum atomic E-state index is -3.95. The molecule has 1 fully saturated rings. The van der Waals surface area contributed by atoms with Crippen LogP contribution in [0.25, 0.3) is 11.0 Å². The average molecular weight is 417 g/mol. The van der Waals surface area contributed by atoms with E-state index < -0.39 is 15.8 Å². The molecule has 1 aliphatic rings. The maximum Gasteiger partial charge on any atom is 0.268 e. The van der Waals surface area contributed by atoms with Crippen molar-refractivity contribution in [3.63, 3.8) is 0 Å². The summed E-state index contributed by atoms with van der Waals surface area (Å²) in [6.07, 6.45) is 6.23. The van der Waals surface area contributed by atoms with Crippen molar-refractivity contribution >= 4 is 26.7 Å². The van der Waals surface area contributed by atoms with Crippen molar-refractivity contribution in [2.45, 2.75) is 43.2 Å². The topological polar surface area (TPSA) is 67.2 Å². The molecule has 0 bridgehead atoms. The van der Waals surface area contributed by atoms with E-state index in [-0.39, 0.29) is 4.90 Å². The molecule has 1 saturated heterocycles. The summed E-state index contributed by atoms with van der Waals surface area (Å²) in [6.45, 7) is 2.96. The summed E-state index contributed by atoms with van der Waals surface area (Å²) in [5.41, 5.74) is 1.95. The number of pyridine rings is 1. The maximum atomic E-state index is 13.7. The minimum Gasteiger partial charge on any atom is -0.365 e. The Morgan fingerprint density at radius 2 is 2.10 bits per heavy atom. The highest BCUT2D eigenvalue weighted by atomic mass is 32.2. The van der Waals surface area contributed by atoms with E-state index in [2.05, 4.69) is 22.1 Å². The minimum absolute atomic E-state index is 0.0780. The van der Waals surface area contributed by atoms with E-state index in [1.165, 1.54) is 22.2 Å². The number of halogens is 1. The first-order valence-electron chi connectivity index (χ1n) is 9.86. The predicted octanol–water partition coefficient (Wildman–Crippen LogP) is 3.38. The van der Waals surface area contributed by atoms with Gasteiger partial charge in [-0.3, -0.25) is 4.98 Å². The lowest BCUT2D eigenvalue weighted by atomic mass is 9.95. The van der Waals surface area contributed by atoms with Crippen LogP contribution < -0.4 is 10.2 Å². The van der Waals surface area contributed by atoms with Gasteiger partial charge < -0.3 is 10.2 Å². The molecular weight excluding hydrogens is 391 g/mol. The van der Waals surface area contributed by atoms with Crippen molar-refractivity contribution in [2.75, 3.05) is 18.5 Å². The van der Waals surface area contributed by atoms with Gasteiger partial charge in [0.05, 0.1) is 16.1 Å². The Morgan fingerprint density at radius 3 is 2.83 bits per heavy atom. The standard InChI is InChI=1S/C21H25FN4O2S/c1-3-17-13-16(23-2)9-11-25(17)20-14-26(19-8-5-10-24-21(19)20)29(27,28)18-7-4-6-15(22)12-18/h4-8,10,12,14,16-17,23H,3,9,11,13H2,1-2H3. The van der Waals surface area contributed by atoms with E-state index in [0.29, 0.717) is 23.1 Å². The molecule has 1 N–H and O–H groups in total. The second kappa shape index (κ2) is 7.76. The summed E-state index contributed by atoms with van der Waals surface area (Å²) in [5.74, 6) is -0.582. The van der Waals surface area contributed by atoms with Crippen LogP contribution in [0.2, 0.25) is 0 Å². The number of nitrogens with zero attached hydrogens (tertiary/aromatic N) is 3. The number of piperidine rings is 1. The smallest absolute Gasteiger partial charge is 0.268 e. The zero-order chi connectivity index (χ0) is 20.6. The molecular formula is C21H25FN4O2S. The van der Waals surface area contributed by atoms with E-state index in [1.807, 2.05) is 7.05 Å². The van der Waals surface area contributed by atoms with Gasteiger partial charge in [0.25, 0.3) is 10.0 Å². The fraction of sp³-hybridized carbons (Fsp3) is 0.381. The summed E-state index contributed by atoms with van der Waals surface area (Å²) in [7, 11) is -1.97. The maximum absolute atomic E-state index is 13.7. The molecule has 4 rings (SSSR count). The van der Waals surface area contributed by atoms with Gasteiger partial charge in [0.15, 0.2) is 0 Å². The second-order valence-electron chi connectivity index (χ2n) is 7.41. The van der Waals surface area contributed by atoms with Crippen LogP contribution in [-0.4, -0.2) is 43.1 Å². The zero-order valence-corrected chi connectivity index (χ0v) is 17.4. The van der Waals surface area contributed by atoms with Crippen molar-refractivity contribution in [1.29, 1.82) is 0 Å². The summed E-state index contributed by atoms with van der Waals surface area (Å²) in [4.78, 5) is 6.68. The van der Waals surface area contributed by atoms with Gasteiger partial charge in [-0.05, 0) is 56.6 Å². The van der Waals surface area contributed by atoms with Crippen molar-refractivity contribution in [3.05, 3.63) is 54.6 Å². The number of aromatic nitrogens is 2. The second-order valence-corrected chi connectivity index (χ2v) is 9.22. The van der Waals surface area contributed by atoms with Crippen LogP contribution in [0.5, 0.6) is 0 Å². The van der Waals surface area contributed by atoms with Gasteiger partial charge in [-0.15, -0.1) is 0 Å². The number of hydrogen-bond donors (Lipinski definition) is 1. The van der Waals surface area contributed by atoms with Crippen LogP contribution >= 0.6 is 0 Å². The van der Waals surface area contributed by atoms with E-state index in [1.54, 1.807) is 24.5 Å². The molecule has 2 aromatic heterocycles. The number of benzene rings is 1. The first kappa shape index (κ1) is 19.8. The van der Waals surface area contributed by atoms with Gasteiger partial charge in [0, 0.05) is 31.0 Å². The van der Waals surface area contributed by atoms with Gasteiger partial charge in [-0.25, -0.2) is 16.8 Å². The molecule has 2 atom stereocenters. The highest BCUT2D eigenvalue weighted by molar-refractivity contribution is 7.90. The van der Waals surface area contributed by atoms with Crippen molar-refractivity contribution in [2.24, 2.45) is 0 Å². The Bertz CT molecular complexity index is 1130. The molecule has 0 amide bonds. The van der Waals surface area contributed by atoms with E-state index in [9.17, 15) is 12.8 Å². The lowest BCUT2D eigenvalue weighted by Crippen LogP contribution is -2.47. The predicted molar refractivity (Wildman–Crippen MR) is 112 cm³/mol. The molecule has 3 aromatic rings. The highest BCUT2D eigenvalue weighted by Crippen LogP contribution is 2.35. The van der Waals surface area contributed by atoms with Crippen molar-refractivity contribution in [1.82, 2.24) is 14.3 Å². The fourth-order valence-electron chi connectivity index (χ4n) is 4.18. The third-order valence-corrected chi connectivity index (χ3v) is 7.43. The van der Waals surface area contributed by atoms with Crippen LogP contribution in [0.15, 0.2) is 53.7 Å². The van der Waals surface area contributed by atoms with Gasteiger partial charge in [0.1, 0.15) is 11.3 Å². The number of hydrogen-bond acceptors (Lipinski definition) is 5. The van der Waals surface area contributed by atoms with Gasteiger partial charge in [-0.2, -0.15) is 0 Å². The number of rotatable bonds is 5. The molecule has 0 spiro atoms. The Hall–Kier alpha value is -2.45. The first-order valence-corrected chi connectivity index (χ1v) is 11.3. The van der Waals surface area contributed by atoms with Crippen LogP contribution in [0, 0.1) is 5.82 Å². The van der Waals surface area contributed by atoms with Crippen molar-refractivity contribution in [3.8, 4) is 0 Å². The quantitative estimate of drug-likeness (QED) is 0.691. The first-order chi connectivity index (χ1) is 14.0. The van der Waals surface area contributed by atoms with Crippen LogP contribution in [0.1, 0.15) is 26.2 Å². The fourth-order valence-corrected chi connectivity index (χ4v) is 5.57.